The highest BCUT2D eigenvalue weighted by Crippen LogP contribution is 2.35. The van der Waals surface area contributed by atoms with E-state index in [1.807, 2.05) is 0 Å². The Bertz CT molecular complexity index is 578. The Morgan fingerprint density at radius 3 is 2.56 bits per heavy atom. The van der Waals surface area contributed by atoms with Gasteiger partial charge in [0.15, 0.2) is 0 Å². The van der Waals surface area contributed by atoms with E-state index in [1.54, 1.807) is 0 Å². The summed E-state index contributed by atoms with van der Waals surface area (Å²) in [4.78, 5) is 11.7. The lowest BCUT2D eigenvalue weighted by molar-refractivity contribution is -0.114. The first-order valence-corrected chi connectivity index (χ1v) is 6.48. The summed E-state index contributed by atoms with van der Waals surface area (Å²) in [5.74, 6) is 0. The summed E-state index contributed by atoms with van der Waals surface area (Å²) in [6, 6.07) is 4.29. The SMILES string of the molecule is CC1(C)Nc2cc(Cl)ccc2S(=O)(=O)C1=O. The van der Waals surface area contributed by atoms with Gasteiger partial charge in [-0.2, -0.15) is 0 Å². The number of carbonyl (C=O) groups is 1. The zero-order valence-corrected chi connectivity index (χ0v) is 10.3. The van der Waals surface area contributed by atoms with Gasteiger partial charge in [0.25, 0.3) is 5.12 Å². The first-order valence-electron chi connectivity index (χ1n) is 4.62. The van der Waals surface area contributed by atoms with Crippen LogP contribution < -0.4 is 5.32 Å². The number of fused-ring (bicyclic) bond motifs is 1. The molecule has 0 saturated carbocycles. The maximum atomic E-state index is 11.9. The molecule has 0 aliphatic carbocycles. The predicted octanol–water partition coefficient (Wildman–Crippen LogP) is 1.84. The highest BCUT2D eigenvalue weighted by atomic mass is 35.5. The fourth-order valence-electron chi connectivity index (χ4n) is 1.66. The minimum Gasteiger partial charge on any atom is -0.371 e. The number of anilines is 1. The summed E-state index contributed by atoms with van der Waals surface area (Å²) in [5.41, 5.74) is -0.756. The molecule has 1 aromatic rings. The van der Waals surface area contributed by atoms with Crippen molar-refractivity contribution in [2.75, 3.05) is 5.32 Å². The molecular formula is C10H10ClNO3S. The Morgan fingerprint density at radius 1 is 1.31 bits per heavy atom. The van der Waals surface area contributed by atoms with Crippen molar-refractivity contribution in [3.05, 3.63) is 23.2 Å². The number of nitrogens with one attached hydrogen (secondary N) is 1. The molecule has 1 aromatic carbocycles. The van der Waals surface area contributed by atoms with Gasteiger partial charge in [0.05, 0.1) is 10.6 Å². The quantitative estimate of drug-likeness (QED) is 0.772. The van der Waals surface area contributed by atoms with E-state index in [9.17, 15) is 13.2 Å². The molecule has 2 rings (SSSR count). The molecular weight excluding hydrogens is 250 g/mol. The van der Waals surface area contributed by atoms with Crippen LogP contribution in [0, 0.1) is 0 Å². The van der Waals surface area contributed by atoms with Crippen LogP contribution in [0.5, 0.6) is 0 Å². The van der Waals surface area contributed by atoms with E-state index in [0.29, 0.717) is 10.7 Å². The summed E-state index contributed by atoms with van der Waals surface area (Å²) < 4.78 is 23.8. The van der Waals surface area contributed by atoms with Crippen molar-refractivity contribution in [3.63, 3.8) is 0 Å². The Labute approximate surface area is 98.5 Å². The van der Waals surface area contributed by atoms with Crippen LogP contribution >= 0.6 is 11.6 Å². The molecule has 6 heteroatoms. The Kier molecular flexibility index (Phi) is 2.29. The smallest absolute Gasteiger partial charge is 0.275 e. The van der Waals surface area contributed by atoms with Crippen molar-refractivity contribution >= 4 is 32.2 Å². The van der Waals surface area contributed by atoms with Gasteiger partial charge in [-0.15, -0.1) is 0 Å². The molecule has 1 N–H and O–H groups in total. The molecule has 0 fully saturated rings. The van der Waals surface area contributed by atoms with Crippen molar-refractivity contribution in [2.24, 2.45) is 0 Å². The Hall–Kier alpha value is -1.07. The monoisotopic (exact) mass is 259 g/mol. The minimum atomic E-state index is -3.91. The zero-order chi connectivity index (χ0) is 12.1. The van der Waals surface area contributed by atoms with Gasteiger partial charge in [-0.05, 0) is 32.0 Å². The van der Waals surface area contributed by atoms with E-state index in [4.69, 9.17) is 11.6 Å². The summed E-state index contributed by atoms with van der Waals surface area (Å²) >= 11 is 5.78. The van der Waals surface area contributed by atoms with Crippen LogP contribution in [0.1, 0.15) is 13.8 Å². The molecule has 0 spiro atoms. The Morgan fingerprint density at radius 2 is 1.94 bits per heavy atom. The van der Waals surface area contributed by atoms with Crippen LogP contribution in [0.4, 0.5) is 5.69 Å². The molecule has 86 valence electrons. The van der Waals surface area contributed by atoms with Gasteiger partial charge in [-0.1, -0.05) is 11.6 Å². The molecule has 0 aromatic heterocycles. The van der Waals surface area contributed by atoms with Gasteiger partial charge in [-0.25, -0.2) is 8.42 Å². The highest BCUT2D eigenvalue weighted by Gasteiger charge is 2.44. The molecule has 1 aliphatic heterocycles. The summed E-state index contributed by atoms with van der Waals surface area (Å²) in [7, 11) is -3.91. The molecule has 0 radical (unpaired) electrons. The number of carbonyl (C=O) groups excluding carboxylic acids is 1. The minimum absolute atomic E-state index is 0.0128. The van der Waals surface area contributed by atoms with Crippen LogP contribution in [-0.4, -0.2) is 19.1 Å². The van der Waals surface area contributed by atoms with Crippen LogP contribution in [-0.2, 0) is 14.6 Å². The van der Waals surface area contributed by atoms with Gasteiger partial charge in [0.2, 0.25) is 9.84 Å². The van der Waals surface area contributed by atoms with E-state index in [-0.39, 0.29) is 4.90 Å². The summed E-state index contributed by atoms with van der Waals surface area (Å²) in [6.07, 6.45) is 0. The molecule has 0 saturated heterocycles. The molecule has 4 nitrogen and oxygen atoms in total. The second-order valence-electron chi connectivity index (χ2n) is 4.18. The van der Waals surface area contributed by atoms with Crippen LogP contribution in [0.3, 0.4) is 0 Å². The largest absolute Gasteiger partial charge is 0.371 e. The van der Waals surface area contributed by atoms with E-state index < -0.39 is 20.5 Å². The van der Waals surface area contributed by atoms with Gasteiger partial charge < -0.3 is 5.32 Å². The number of benzene rings is 1. The molecule has 0 unspecified atom stereocenters. The molecule has 0 amide bonds. The number of halogens is 1. The van der Waals surface area contributed by atoms with Crippen LogP contribution in [0.2, 0.25) is 5.02 Å². The van der Waals surface area contributed by atoms with Crippen molar-refractivity contribution in [1.82, 2.24) is 0 Å². The Balaban J connectivity index is 2.76. The molecule has 0 atom stereocenters. The van der Waals surface area contributed by atoms with Gasteiger partial charge in [0, 0.05) is 5.02 Å². The summed E-state index contributed by atoms with van der Waals surface area (Å²) in [6.45, 7) is 3.05. The molecule has 0 bridgehead atoms. The third kappa shape index (κ3) is 1.51. The fourth-order valence-corrected chi connectivity index (χ4v) is 3.40. The van der Waals surface area contributed by atoms with E-state index in [1.165, 1.54) is 32.0 Å². The first kappa shape index (κ1) is 11.4. The standard InChI is InChI=1S/C10H10ClNO3S/c1-10(2)9(13)16(14,15)8-4-3-6(11)5-7(8)12-10/h3-5,12H,1-2H3. The number of hydrogen-bond donors (Lipinski definition) is 1. The van der Waals surface area contributed by atoms with Crippen LogP contribution in [0.15, 0.2) is 23.1 Å². The number of sulfone groups is 1. The maximum Gasteiger partial charge on any atom is 0.275 e. The van der Waals surface area contributed by atoms with E-state index >= 15 is 0 Å². The number of rotatable bonds is 0. The zero-order valence-electron chi connectivity index (χ0n) is 8.74. The topological polar surface area (TPSA) is 63.2 Å². The van der Waals surface area contributed by atoms with Crippen molar-refractivity contribution < 1.29 is 13.2 Å². The molecule has 1 heterocycles. The molecule has 1 aliphatic rings. The lowest BCUT2D eigenvalue weighted by Crippen LogP contribution is -2.48. The van der Waals surface area contributed by atoms with Gasteiger partial charge in [-0.3, -0.25) is 4.79 Å². The maximum absolute atomic E-state index is 11.9. The highest BCUT2D eigenvalue weighted by molar-refractivity contribution is 8.06. The van der Waals surface area contributed by atoms with E-state index in [2.05, 4.69) is 5.32 Å². The van der Waals surface area contributed by atoms with Crippen LogP contribution in [0.25, 0.3) is 0 Å². The van der Waals surface area contributed by atoms with Gasteiger partial charge in [0.1, 0.15) is 5.54 Å². The normalized spacial score (nSPS) is 21.1. The lowest BCUT2D eigenvalue weighted by Gasteiger charge is -2.31. The van der Waals surface area contributed by atoms with Crippen molar-refractivity contribution in [3.8, 4) is 0 Å². The fraction of sp³-hybridized carbons (Fsp3) is 0.300. The predicted molar refractivity (Wildman–Crippen MR) is 61.3 cm³/mol. The average Bonchev–Trinajstić information content (AvgIpc) is 2.13. The van der Waals surface area contributed by atoms with Crippen molar-refractivity contribution in [2.45, 2.75) is 24.3 Å². The van der Waals surface area contributed by atoms with Gasteiger partial charge >= 0.3 is 0 Å². The second-order valence-corrected chi connectivity index (χ2v) is 6.44. The van der Waals surface area contributed by atoms with Crippen molar-refractivity contribution in [1.29, 1.82) is 0 Å². The second kappa shape index (κ2) is 3.21. The molecule has 16 heavy (non-hydrogen) atoms. The average molecular weight is 260 g/mol. The summed E-state index contributed by atoms with van der Waals surface area (Å²) in [5, 5.41) is 2.47. The lowest BCUT2D eigenvalue weighted by atomic mass is 10.1. The first-order chi connectivity index (χ1) is 7.25. The number of hydrogen-bond acceptors (Lipinski definition) is 4. The van der Waals surface area contributed by atoms with E-state index in [0.717, 1.165) is 0 Å². The third-order valence-corrected chi connectivity index (χ3v) is 4.60. The third-order valence-electron chi connectivity index (χ3n) is 2.43.